The molecule has 20 aromatic rings. The molecule has 0 radical (unpaired) electrons. The molecule has 7 heterocycles. The Bertz CT molecular complexity index is 6730. The number of nitriles is 4. The summed E-state index contributed by atoms with van der Waals surface area (Å²) in [5.74, 6) is 0. The van der Waals surface area contributed by atoms with Crippen LogP contribution in [0.15, 0.2) is 256 Å². The molecule has 0 fully saturated rings. The van der Waals surface area contributed by atoms with Gasteiger partial charge >= 0.3 is 0 Å². The molecule has 20 rings (SSSR count). The summed E-state index contributed by atoms with van der Waals surface area (Å²) in [5.41, 5.74) is 15.1. The van der Waals surface area contributed by atoms with Crippen molar-refractivity contribution in [3.63, 3.8) is 0 Å². The number of aromatic nitrogens is 4. The zero-order valence-corrected chi connectivity index (χ0v) is 48.9. The summed E-state index contributed by atoms with van der Waals surface area (Å²) in [5, 5.41) is 60.2. The lowest BCUT2D eigenvalue weighted by atomic mass is 9.91. The van der Waals surface area contributed by atoms with Crippen molar-refractivity contribution in [2.24, 2.45) is 0 Å². The SMILES string of the molecule is N#Cc1cc(C#N)c(-n2c3cc(-c4c(C#N)c(-n5c6ccccc6c6c7oc8ccccc8c7ccc65)cc(-n5c6ccccc6c6c7oc8ccccc8c7ccc65)c4C#N)ccc3c3c4oc5ccccc5c4ccc32)cc1-n1c2ccccc2c2ccccc21. The number of hydrogen-bond donors (Lipinski definition) is 0. The van der Waals surface area contributed by atoms with Crippen LogP contribution < -0.4 is 0 Å². The number of benzene rings is 13. The summed E-state index contributed by atoms with van der Waals surface area (Å²) < 4.78 is 29.0. The van der Waals surface area contributed by atoms with Gasteiger partial charge < -0.3 is 31.5 Å². The van der Waals surface area contributed by atoms with E-state index in [-0.39, 0.29) is 16.7 Å². The summed E-state index contributed by atoms with van der Waals surface area (Å²) in [6.07, 6.45) is 0. The van der Waals surface area contributed by atoms with E-state index < -0.39 is 0 Å². The first-order valence-corrected chi connectivity index (χ1v) is 30.5. The molecule has 7 aromatic heterocycles. The monoisotopic (exact) mass is 1180 g/mol. The quantitative estimate of drug-likeness (QED) is 0.166. The Hall–Kier alpha value is -13.6. The predicted octanol–water partition coefficient (Wildman–Crippen LogP) is 20.9. The van der Waals surface area contributed by atoms with Crippen molar-refractivity contribution >= 4 is 153 Å². The molecule has 0 saturated heterocycles. The topological polar surface area (TPSA) is 154 Å². The van der Waals surface area contributed by atoms with Crippen LogP contribution in [0.3, 0.4) is 0 Å². The average molecular weight is 1190 g/mol. The molecule has 0 spiro atoms. The van der Waals surface area contributed by atoms with Gasteiger partial charge in [0.2, 0.25) is 0 Å². The van der Waals surface area contributed by atoms with Crippen LogP contribution in [0.4, 0.5) is 0 Å². The third-order valence-corrected chi connectivity index (χ3v) is 19.3. The van der Waals surface area contributed by atoms with Crippen LogP contribution in [0.25, 0.3) is 187 Å². The van der Waals surface area contributed by atoms with E-state index in [1.54, 1.807) is 6.07 Å². The van der Waals surface area contributed by atoms with Crippen LogP contribution in [-0.4, -0.2) is 18.3 Å². The fourth-order valence-corrected chi connectivity index (χ4v) is 15.5. The predicted molar refractivity (Wildman–Crippen MR) is 370 cm³/mol. The highest BCUT2D eigenvalue weighted by Gasteiger charge is 2.31. The van der Waals surface area contributed by atoms with E-state index in [0.29, 0.717) is 50.5 Å². The van der Waals surface area contributed by atoms with E-state index >= 15 is 0 Å². The van der Waals surface area contributed by atoms with Crippen molar-refractivity contribution in [3.8, 4) is 58.2 Å². The molecule has 0 unspecified atom stereocenters. The molecule has 0 N–H and O–H groups in total. The van der Waals surface area contributed by atoms with E-state index in [1.165, 1.54) is 0 Å². The van der Waals surface area contributed by atoms with Crippen LogP contribution in [0.5, 0.6) is 0 Å². The lowest BCUT2D eigenvalue weighted by Crippen LogP contribution is -2.07. The Labute approximate surface area is 525 Å². The number of hydrogen-bond acceptors (Lipinski definition) is 7. The summed E-state index contributed by atoms with van der Waals surface area (Å²) in [4.78, 5) is 0. The Balaban J connectivity index is 0.942. The molecule has 0 bridgehead atoms. The maximum Gasteiger partial charge on any atom is 0.145 e. The minimum Gasteiger partial charge on any atom is -0.455 e. The molecule has 0 saturated carbocycles. The van der Waals surface area contributed by atoms with Gasteiger partial charge in [0.05, 0.1) is 105 Å². The third-order valence-electron chi connectivity index (χ3n) is 19.3. The first kappa shape index (κ1) is 50.4. The smallest absolute Gasteiger partial charge is 0.145 e. The van der Waals surface area contributed by atoms with Gasteiger partial charge in [-0.25, -0.2) is 0 Å². The maximum atomic E-state index is 12.3. The molecular formula is C82H40N8O3. The van der Waals surface area contributed by atoms with E-state index in [0.717, 1.165) is 142 Å². The summed E-state index contributed by atoms with van der Waals surface area (Å²) in [6.45, 7) is 0. The van der Waals surface area contributed by atoms with Gasteiger partial charge in [-0.05, 0) is 109 Å². The van der Waals surface area contributed by atoms with Gasteiger partial charge in [0, 0.05) is 64.8 Å². The lowest BCUT2D eigenvalue weighted by molar-refractivity contribution is 0.672. The van der Waals surface area contributed by atoms with Crippen molar-refractivity contribution in [1.82, 2.24) is 18.3 Å². The maximum absolute atomic E-state index is 12.3. The third kappa shape index (κ3) is 6.60. The van der Waals surface area contributed by atoms with Crippen molar-refractivity contribution < 1.29 is 13.3 Å². The second-order valence-corrected chi connectivity index (χ2v) is 23.8. The summed E-state index contributed by atoms with van der Waals surface area (Å²) in [6, 6.07) is 91.5. The molecule has 93 heavy (non-hydrogen) atoms. The highest BCUT2D eigenvalue weighted by atomic mass is 16.3. The highest BCUT2D eigenvalue weighted by Crippen LogP contribution is 2.49. The van der Waals surface area contributed by atoms with Crippen LogP contribution in [0.1, 0.15) is 22.3 Å². The second-order valence-electron chi connectivity index (χ2n) is 23.8. The summed E-state index contributed by atoms with van der Waals surface area (Å²) >= 11 is 0. The van der Waals surface area contributed by atoms with Crippen molar-refractivity contribution in [3.05, 3.63) is 265 Å². The van der Waals surface area contributed by atoms with Gasteiger partial charge in [-0.3, -0.25) is 0 Å². The molecular weight excluding hydrogens is 1140 g/mol. The molecule has 426 valence electrons. The number of para-hydroxylation sites is 7. The van der Waals surface area contributed by atoms with Crippen LogP contribution in [0, 0.1) is 45.3 Å². The van der Waals surface area contributed by atoms with Crippen molar-refractivity contribution in [1.29, 1.82) is 21.0 Å². The van der Waals surface area contributed by atoms with Gasteiger partial charge in [-0.2, -0.15) is 21.0 Å². The normalized spacial score (nSPS) is 12.0. The Kier molecular flexibility index (Phi) is 10.0. The van der Waals surface area contributed by atoms with Crippen LogP contribution in [-0.2, 0) is 0 Å². The molecule has 13 aromatic carbocycles. The van der Waals surface area contributed by atoms with Crippen molar-refractivity contribution in [2.45, 2.75) is 0 Å². The zero-order valence-electron chi connectivity index (χ0n) is 48.9. The first-order chi connectivity index (χ1) is 46.0. The second kappa shape index (κ2) is 18.5. The summed E-state index contributed by atoms with van der Waals surface area (Å²) in [7, 11) is 0. The molecule has 0 atom stereocenters. The Morgan fingerprint density at radius 2 is 0.570 bits per heavy atom. The Morgan fingerprint density at radius 3 is 0.978 bits per heavy atom. The molecule has 0 amide bonds. The molecule has 0 aliphatic rings. The lowest BCUT2D eigenvalue weighted by Gasteiger charge is -2.20. The van der Waals surface area contributed by atoms with E-state index in [9.17, 15) is 21.0 Å². The van der Waals surface area contributed by atoms with Gasteiger partial charge in [0.15, 0.2) is 0 Å². The molecule has 11 heteroatoms. The zero-order chi connectivity index (χ0) is 61.5. The van der Waals surface area contributed by atoms with E-state index in [4.69, 9.17) is 13.3 Å². The van der Waals surface area contributed by atoms with Crippen LogP contribution >= 0.6 is 0 Å². The number of rotatable bonds is 5. The fourth-order valence-electron chi connectivity index (χ4n) is 15.5. The average Bonchev–Trinajstić information content (AvgIpc) is 1.40. The van der Waals surface area contributed by atoms with E-state index in [2.05, 4.69) is 146 Å². The minimum atomic E-state index is 0.259. The first-order valence-electron chi connectivity index (χ1n) is 30.5. The van der Waals surface area contributed by atoms with Gasteiger partial charge in [-0.15, -0.1) is 0 Å². The number of nitrogens with zero attached hydrogens (tertiary/aromatic N) is 8. The fraction of sp³-hybridized carbons (Fsp3) is 0. The van der Waals surface area contributed by atoms with Gasteiger partial charge in [0.25, 0.3) is 0 Å². The van der Waals surface area contributed by atoms with Crippen molar-refractivity contribution in [2.75, 3.05) is 0 Å². The standard InChI is InChI=1S/C82H40N8O3/c83-41-46-37-47(42-84)69(39-68(46)87-61-22-8-1-15-48(61)49-16-2-9-23-62(49)87)90-67-36-33-55-52-19-7-14-28-75(52)93-82(55)79(67)58-30-29-45(38-70(58)90)76-59(43-85)71(88-63-24-10-3-20-56(63)77-65(88)34-31-53-50-17-5-12-26-73(50)91-80(53)77)40-72(60(76)44-86)89-64-25-11-4-21-57(64)78-66(89)35-32-54-51-18-6-13-27-74(51)92-81(54)78/h1-40H. The number of fused-ring (bicyclic) bond motifs is 24. The molecule has 0 aliphatic heterocycles. The molecule has 0 aliphatic carbocycles. The minimum absolute atomic E-state index is 0.259. The molecule has 11 nitrogen and oxygen atoms in total. The van der Waals surface area contributed by atoms with Gasteiger partial charge in [-0.1, -0.05) is 140 Å². The van der Waals surface area contributed by atoms with Crippen LogP contribution in [0.2, 0.25) is 0 Å². The Morgan fingerprint density at radius 1 is 0.247 bits per heavy atom. The highest BCUT2D eigenvalue weighted by molar-refractivity contribution is 6.27. The van der Waals surface area contributed by atoms with E-state index in [1.807, 2.05) is 133 Å². The number of furan rings is 3. The van der Waals surface area contributed by atoms with Gasteiger partial charge in [0.1, 0.15) is 57.8 Å². The largest absolute Gasteiger partial charge is 0.455 e.